The SMILES string of the molecule is CC(C)N(C(C)C)[Si](C)(C)C1=CCC=C1. The maximum absolute atomic E-state index is 2.72. The summed E-state index contributed by atoms with van der Waals surface area (Å²) in [6, 6.07) is 1.28. The van der Waals surface area contributed by atoms with Gasteiger partial charge in [0.25, 0.3) is 0 Å². The molecule has 0 spiro atoms. The zero-order valence-corrected chi connectivity index (χ0v) is 12.0. The molecular weight excluding hydrogens is 198 g/mol. The average molecular weight is 223 g/mol. The van der Waals surface area contributed by atoms with Crippen molar-refractivity contribution in [3.05, 3.63) is 23.4 Å². The molecule has 2 heteroatoms. The lowest BCUT2D eigenvalue weighted by Gasteiger charge is -2.43. The first-order valence-electron chi connectivity index (χ1n) is 6.03. The maximum atomic E-state index is 2.72. The van der Waals surface area contributed by atoms with E-state index in [1.807, 2.05) is 0 Å². The number of nitrogens with zero attached hydrogens (tertiary/aromatic N) is 1. The lowest BCUT2D eigenvalue weighted by atomic mass is 10.3. The summed E-state index contributed by atoms with van der Waals surface area (Å²) in [5.74, 6) is 0. The van der Waals surface area contributed by atoms with Gasteiger partial charge < -0.3 is 4.57 Å². The van der Waals surface area contributed by atoms with Gasteiger partial charge >= 0.3 is 0 Å². The Kier molecular flexibility index (Phi) is 3.96. The summed E-state index contributed by atoms with van der Waals surface area (Å²) in [5, 5.41) is 1.60. The monoisotopic (exact) mass is 223 g/mol. The van der Waals surface area contributed by atoms with Crippen LogP contribution in [0.2, 0.25) is 13.1 Å². The van der Waals surface area contributed by atoms with Gasteiger partial charge in [0.1, 0.15) is 0 Å². The van der Waals surface area contributed by atoms with Crippen molar-refractivity contribution in [3.8, 4) is 0 Å². The Hall–Kier alpha value is -0.343. The number of hydrogen-bond donors (Lipinski definition) is 0. The molecule has 0 amide bonds. The van der Waals surface area contributed by atoms with Gasteiger partial charge in [0, 0.05) is 0 Å². The fourth-order valence-corrected chi connectivity index (χ4v) is 6.97. The largest absolute Gasteiger partial charge is 0.316 e. The summed E-state index contributed by atoms with van der Waals surface area (Å²) >= 11 is 0. The number of rotatable bonds is 4. The van der Waals surface area contributed by atoms with Crippen molar-refractivity contribution in [2.45, 2.75) is 59.3 Å². The van der Waals surface area contributed by atoms with Crippen LogP contribution >= 0.6 is 0 Å². The zero-order valence-electron chi connectivity index (χ0n) is 11.0. The third-order valence-corrected chi connectivity index (χ3v) is 7.34. The van der Waals surface area contributed by atoms with Crippen LogP contribution in [0.1, 0.15) is 34.1 Å². The Morgan fingerprint density at radius 2 is 1.67 bits per heavy atom. The Morgan fingerprint density at radius 1 is 1.13 bits per heavy atom. The molecule has 0 fully saturated rings. The molecule has 0 bridgehead atoms. The molecule has 86 valence electrons. The van der Waals surface area contributed by atoms with Crippen molar-refractivity contribution in [2.75, 3.05) is 0 Å². The second kappa shape index (κ2) is 4.66. The summed E-state index contributed by atoms with van der Waals surface area (Å²) in [6.07, 6.45) is 8.16. The van der Waals surface area contributed by atoms with E-state index >= 15 is 0 Å². The molecule has 0 saturated carbocycles. The first-order chi connectivity index (χ1) is 6.87. The first kappa shape index (κ1) is 12.7. The topological polar surface area (TPSA) is 3.24 Å². The lowest BCUT2D eigenvalue weighted by Crippen LogP contribution is -2.56. The summed E-state index contributed by atoms with van der Waals surface area (Å²) in [5.41, 5.74) is 0. The van der Waals surface area contributed by atoms with Crippen LogP contribution < -0.4 is 0 Å². The van der Waals surface area contributed by atoms with E-state index in [-0.39, 0.29) is 0 Å². The highest BCUT2D eigenvalue weighted by Crippen LogP contribution is 2.28. The molecule has 1 aliphatic rings. The van der Waals surface area contributed by atoms with Crippen LogP contribution in [0.5, 0.6) is 0 Å². The second-order valence-corrected chi connectivity index (χ2v) is 9.66. The molecule has 15 heavy (non-hydrogen) atoms. The van der Waals surface area contributed by atoms with E-state index in [4.69, 9.17) is 0 Å². The first-order valence-corrected chi connectivity index (χ1v) is 8.97. The van der Waals surface area contributed by atoms with Crippen LogP contribution in [0, 0.1) is 0 Å². The van der Waals surface area contributed by atoms with Gasteiger partial charge in [-0.3, -0.25) is 0 Å². The Morgan fingerprint density at radius 3 is 2.00 bits per heavy atom. The van der Waals surface area contributed by atoms with E-state index < -0.39 is 8.24 Å². The van der Waals surface area contributed by atoms with Crippen LogP contribution in [0.15, 0.2) is 23.4 Å². The van der Waals surface area contributed by atoms with Crippen LogP contribution in [-0.2, 0) is 0 Å². The molecule has 1 aliphatic carbocycles. The minimum Gasteiger partial charge on any atom is -0.316 e. The molecule has 0 aliphatic heterocycles. The standard InChI is InChI=1S/C13H25NSi/c1-11(2)14(12(3)4)15(5,6)13-9-7-8-10-13/h7,9-12H,8H2,1-6H3. The molecule has 0 radical (unpaired) electrons. The third kappa shape index (κ3) is 2.61. The van der Waals surface area contributed by atoms with E-state index in [1.54, 1.807) is 5.20 Å². The molecule has 1 nitrogen and oxygen atoms in total. The van der Waals surface area contributed by atoms with Crippen LogP contribution in [0.25, 0.3) is 0 Å². The lowest BCUT2D eigenvalue weighted by molar-refractivity contribution is 0.297. The molecule has 0 aromatic carbocycles. The van der Waals surface area contributed by atoms with Gasteiger partial charge in [-0.25, -0.2) is 0 Å². The smallest absolute Gasteiger partial charge is 0.154 e. The predicted octanol–water partition coefficient (Wildman–Crippen LogP) is 3.74. The molecule has 1 rings (SSSR count). The average Bonchev–Trinajstić information content (AvgIpc) is 2.52. The summed E-state index contributed by atoms with van der Waals surface area (Å²) in [6.45, 7) is 14.2. The molecule has 0 aromatic heterocycles. The molecule has 0 aromatic rings. The molecule has 0 heterocycles. The summed E-state index contributed by atoms with van der Waals surface area (Å²) in [4.78, 5) is 0. The van der Waals surface area contributed by atoms with E-state index in [1.165, 1.54) is 0 Å². The molecule has 0 saturated heterocycles. The van der Waals surface area contributed by atoms with Crippen LogP contribution in [0.3, 0.4) is 0 Å². The fraction of sp³-hybridized carbons (Fsp3) is 0.692. The van der Waals surface area contributed by atoms with E-state index in [0.29, 0.717) is 12.1 Å². The van der Waals surface area contributed by atoms with Gasteiger partial charge in [0.15, 0.2) is 8.24 Å². The van der Waals surface area contributed by atoms with Gasteiger partial charge in [-0.1, -0.05) is 59.0 Å². The predicted molar refractivity (Wildman–Crippen MR) is 71.4 cm³/mol. The maximum Gasteiger partial charge on any atom is 0.154 e. The van der Waals surface area contributed by atoms with Crippen molar-refractivity contribution >= 4 is 8.24 Å². The van der Waals surface area contributed by atoms with Crippen molar-refractivity contribution < 1.29 is 0 Å². The number of allylic oxidation sites excluding steroid dienone is 4. The Labute approximate surface area is 96.0 Å². The Balaban J connectivity index is 2.95. The second-order valence-electron chi connectivity index (χ2n) is 5.45. The van der Waals surface area contributed by atoms with E-state index in [0.717, 1.165) is 6.42 Å². The summed E-state index contributed by atoms with van der Waals surface area (Å²) in [7, 11) is -1.42. The molecule has 0 unspecified atom stereocenters. The van der Waals surface area contributed by atoms with Crippen molar-refractivity contribution in [2.24, 2.45) is 0 Å². The van der Waals surface area contributed by atoms with Crippen LogP contribution in [0.4, 0.5) is 0 Å². The van der Waals surface area contributed by atoms with Gasteiger partial charge in [0.2, 0.25) is 0 Å². The highest BCUT2D eigenvalue weighted by molar-refractivity contribution is 6.82. The highest BCUT2D eigenvalue weighted by Gasteiger charge is 2.36. The van der Waals surface area contributed by atoms with Gasteiger partial charge in [-0.05, 0) is 23.7 Å². The van der Waals surface area contributed by atoms with Crippen LogP contribution in [-0.4, -0.2) is 24.9 Å². The normalized spacial score (nSPS) is 17.0. The van der Waals surface area contributed by atoms with Crippen molar-refractivity contribution in [3.63, 3.8) is 0 Å². The Bertz CT molecular complexity index is 266. The van der Waals surface area contributed by atoms with Gasteiger partial charge in [-0.15, -0.1) is 0 Å². The van der Waals surface area contributed by atoms with Gasteiger partial charge in [-0.2, -0.15) is 0 Å². The zero-order chi connectivity index (χ0) is 11.6. The number of hydrogen-bond acceptors (Lipinski definition) is 1. The third-order valence-electron chi connectivity index (χ3n) is 3.24. The fourth-order valence-electron chi connectivity index (χ4n) is 2.95. The molecule has 0 N–H and O–H groups in total. The molecular formula is C13H25NSi. The van der Waals surface area contributed by atoms with Crippen molar-refractivity contribution in [1.82, 2.24) is 4.57 Å². The summed E-state index contributed by atoms with van der Waals surface area (Å²) < 4.78 is 2.72. The highest BCUT2D eigenvalue weighted by atomic mass is 28.3. The minimum atomic E-state index is -1.42. The van der Waals surface area contributed by atoms with Gasteiger partial charge in [0.05, 0.1) is 0 Å². The van der Waals surface area contributed by atoms with E-state index in [9.17, 15) is 0 Å². The quantitative estimate of drug-likeness (QED) is 0.656. The molecule has 0 atom stereocenters. The van der Waals surface area contributed by atoms with Crippen molar-refractivity contribution in [1.29, 1.82) is 0 Å². The minimum absolute atomic E-state index is 0.640. The van der Waals surface area contributed by atoms with E-state index in [2.05, 4.69) is 63.6 Å².